The van der Waals surface area contributed by atoms with Crippen LogP contribution in [0, 0.1) is 5.41 Å². The van der Waals surface area contributed by atoms with Crippen LogP contribution in [0.5, 0.6) is 0 Å². The quantitative estimate of drug-likeness (QED) is 0.722. The predicted molar refractivity (Wildman–Crippen MR) is 73.8 cm³/mol. The van der Waals surface area contributed by atoms with E-state index in [9.17, 15) is 0 Å². The Bertz CT molecular complexity index is 330. The van der Waals surface area contributed by atoms with Gasteiger partial charge in [-0.05, 0) is 33.1 Å². The zero-order valence-electron chi connectivity index (χ0n) is 13.0. The van der Waals surface area contributed by atoms with Crippen LogP contribution in [0.1, 0.15) is 54.9 Å². The number of hydrogen-bond acceptors (Lipinski definition) is 3. The lowest BCUT2D eigenvalue weighted by Gasteiger charge is -2.53. The second-order valence-electron chi connectivity index (χ2n) is 8.04. The van der Waals surface area contributed by atoms with Crippen LogP contribution in [0.4, 0.5) is 0 Å². The standard InChI is InChI=1S/C15H29NO2/c1-12(2,3)11-15(17-9-8-16-11)10-13(4,5)18-14(15,6)7/h11,16H,8-10H2,1-7H3. The van der Waals surface area contributed by atoms with Gasteiger partial charge in [0.1, 0.15) is 5.60 Å². The minimum absolute atomic E-state index is 0.119. The first kappa shape index (κ1) is 14.3. The average molecular weight is 255 g/mol. The number of morpholine rings is 1. The van der Waals surface area contributed by atoms with E-state index in [2.05, 4.69) is 53.8 Å². The van der Waals surface area contributed by atoms with Crippen molar-refractivity contribution in [1.82, 2.24) is 5.32 Å². The third-order valence-corrected chi connectivity index (χ3v) is 4.38. The van der Waals surface area contributed by atoms with Crippen LogP contribution in [0.15, 0.2) is 0 Å². The van der Waals surface area contributed by atoms with Gasteiger partial charge < -0.3 is 14.8 Å². The molecule has 0 amide bonds. The van der Waals surface area contributed by atoms with Crippen LogP contribution in [0.2, 0.25) is 0 Å². The van der Waals surface area contributed by atoms with Crippen molar-refractivity contribution in [3.8, 4) is 0 Å². The molecule has 2 fully saturated rings. The van der Waals surface area contributed by atoms with Crippen LogP contribution in [-0.4, -0.2) is 36.0 Å². The molecule has 2 aliphatic heterocycles. The third-order valence-electron chi connectivity index (χ3n) is 4.38. The van der Waals surface area contributed by atoms with E-state index in [0.29, 0.717) is 6.04 Å². The smallest absolute Gasteiger partial charge is 0.115 e. The summed E-state index contributed by atoms with van der Waals surface area (Å²) < 4.78 is 12.6. The van der Waals surface area contributed by atoms with E-state index in [1.165, 1.54) is 0 Å². The van der Waals surface area contributed by atoms with Crippen LogP contribution in [0.25, 0.3) is 0 Å². The van der Waals surface area contributed by atoms with Gasteiger partial charge in [-0.1, -0.05) is 20.8 Å². The summed E-state index contributed by atoms with van der Waals surface area (Å²) in [5, 5.41) is 3.68. The molecule has 2 heterocycles. The van der Waals surface area contributed by atoms with Crippen molar-refractivity contribution >= 4 is 0 Å². The Morgan fingerprint density at radius 3 is 2.17 bits per heavy atom. The van der Waals surface area contributed by atoms with Crippen LogP contribution >= 0.6 is 0 Å². The molecular weight excluding hydrogens is 226 g/mol. The number of ether oxygens (including phenoxy) is 2. The topological polar surface area (TPSA) is 30.5 Å². The maximum absolute atomic E-state index is 6.33. The van der Waals surface area contributed by atoms with Crippen molar-refractivity contribution in [3.05, 3.63) is 0 Å². The van der Waals surface area contributed by atoms with Crippen LogP contribution in [-0.2, 0) is 9.47 Å². The minimum atomic E-state index is -0.262. The number of hydrogen-bond donors (Lipinski definition) is 1. The Morgan fingerprint density at radius 1 is 1.11 bits per heavy atom. The lowest BCUT2D eigenvalue weighted by molar-refractivity contribution is -0.193. The molecule has 0 saturated carbocycles. The Hall–Kier alpha value is -0.120. The summed E-state index contributed by atoms with van der Waals surface area (Å²) in [6.45, 7) is 17.2. The van der Waals surface area contributed by atoms with Crippen molar-refractivity contribution in [1.29, 1.82) is 0 Å². The first-order chi connectivity index (χ1) is 8.00. The molecule has 3 heteroatoms. The minimum Gasteiger partial charge on any atom is -0.369 e. The molecule has 2 rings (SSSR count). The molecule has 0 aromatic carbocycles. The van der Waals surface area contributed by atoms with E-state index < -0.39 is 0 Å². The van der Waals surface area contributed by atoms with Crippen molar-refractivity contribution < 1.29 is 9.47 Å². The van der Waals surface area contributed by atoms with Crippen LogP contribution in [0.3, 0.4) is 0 Å². The molecule has 2 saturated heterocycles. The highest BCUT2D eigenvalue weighted by atomic mass is 16.6. The summed E-state index contributed by atoms with van der Waals surface area (Å²) in [5.41, 5.74) is -0.456. The van der Waals surface area contributed by atoms with E-state index in [1.807, 2.05) is 0 Å². The van der Waals surface area contributed by atoms with E-state index in [0.717, 1.165) is 19.6 Å². The zero-order valence-corrected chi connectivity index (χ0v) is 13.0. The van der Waals surface area contributed by atoms with Crippen molar-refractivity contribution in [2.45, 2.75) is 77.7 Å². The van der Waals surface area contributed by atoms with Gasteiger partial charge in [0.05, 0.1) is 17.8 Å². The first-order valence-corrected chi connectivity index (χ1v) is 7.08. The summed E-state index contributed by atoms with van der Waals surface area (Å²) in [6, 6.07) is 0.315. The highest BCUT2D eigenvalue weighted by molar-refractivity contribution is 5.16. The maximum atomic E-state index is 6.33. The van der Waals surface area contributed by atoms with E-state index in [4.69, 9.17) is 9.47 Å². The summed E-state index contributed by atoms with van der Waals surface area (Å²) >= 11 is 0. The molecule has 2 aliphatic rings. The molecule has 2 atom stereocenters. The highest BCUT2D eigenvalue weighted by Crippen LogP contribution is 2.52. The third kappa shape index (κ3) is 2.10. The normalized spacial score (nSPS) is 39.2. The summed E-state index contributed by atoms with van der Waals surface area (Å²) in [7, 11) is 0. The number of rotatable bonds is 0. The van der Waals surface area contributed by atoms with Crippen molar-refractivity contribution in [2.75, 3.05) is 13.2 Å². The maximum Gasteiger partial charge on any atom is 0.115 e. The highest BCUT2D eigenvalue weighted by Gasteiger charge is 2.64. The van der Waals surface area contributed by atoms with Gasteiger partial charge in [-0.25, -0.2) is 0 Å². The summed E-state index contributed by atoms with van der Waals surface area (Å²) in [4.78, 5) is 0. The van der Waals surface area contributed by atoms with Gasteiger partial charge in [-0.2, -0.15) is 0 Å². The first-order valence-electron chi connectivity index (χ1n) is 7.08. The molecule has 106 valence electrons. The van der Waals surface area contributed by atoms with Gasteiger partial charge in [0.25, 0.3) is 0 Å². The van der Waals surface area contributed by atoms with Gasteiger partial charge in [-0.3, -0.25) is 0 Å². The Labute approximate surface area is 112 Å². The predicted octanol–water partition coefficient (Wildman–Crippen LogP) is 2.74. The fourth-order valence-electron chi connectivity index (χ4n) is 4.02. The van der Waals surface area contributed by atoms with Crippen LogP contribution < -0.4 is 5.32 Å². The molecule has 1 spiro atoms. The molecule has 1 N–H and O–H groups in total. The Balaban J connectivity index is 2.43. The molecule has 2 unspecified atom stereocenters. The fourth-order valence-corrected chi connectivity index (χ4v) is 4.02. The molecule has 0 aromatic rings. The van der Waals surface area contributed by atoms with E-state index >= 15 is 0 Å². The second-order valence-corrected chi connectivity index (χ2v) is 8.04. The van der Waals surface area contributed by atoms with E-state index in [-0.39, 0.29) is 22.2 Å². The summed E-state index contributed by atoms with van der Waals surface area (Å²) in [5.74, 6) is 0. The largest absolute Gasteiger partial charge is 0.369 e. The van der Waals surface area contributed by atoms with E-state index in [1.54, 1.807) is 0 Å². The molecule has 0 aromatic heterocycles. The Kier molecular flexibility index (Phi) is 3.13. The van der Waals surface area contributed by atoms with Gasteiger partial charge in [0.2, 0.25) is 0 Å². The van der Waals surface area contributed by atoms with Gasteiger partial charge in [0.15, 0.2) is 0 Å². The van der Waals surface area contributed by atoms with Gasteiger partial charge in [-0.15, -0.1) is 0 Å². The van der Waals surface area contributed by atoms with Gasteiger partial charge in [0, 0.05) is 19.0 Å². The molecular formula is C15H29NO2. The van der Waals surface area contributed by atoms with Crippen molar-refractivity contribution in [2.24, 2.45) is 5.41 Å². The fraction of sp³-hybridized carbons (Fsp3) is 1.00. The SMILES string of the molecule is CC1(C)CC2(OCCNC2C(C)(C)C)C(C)(C)O1. The second kappa shape index (κ2) is 3.94. The van der Waals surface area contributed by atoms with Crippen molar-refractivity contribution in [3.63, 3.8) is 0 Å². The summed E-state index contributed by atoms with van der Waals surface area (Å²) in [6.07, 6.45) is 0.946. The monoisotopic (exact) mass is 255 g/mol. The molecule has 0 bridgehead atoms. The molecule has 18 heavy (non-hydrogen) atoms. The molecule has 0 radical (unpaired) electrons. The molecule has 3 nitrogen and oxygen atoms in total. The molecule has 0 aliphatic carbocycles. The van der Waals surface area contributed by atoms with Gasteiger partial charge >= 0.3 is 0 Å². The lowest BCUT2D eigenvalue weighted by Crippen LogP contribution is -2.69. The zero-order chi connectivity index (χ0) is 13.8. The average Bonchev–Trinajstić information content (AvgIpc) is 2.30. The number of nitrogens with one attached hydrogen (secondary N) is 1. The lowest BCUT2D eigenvalue weighted by atomic mass is 9.67. The Morgan fingerprint density at radius 2 is 1.72 bits per heavy atom.